The number of hydrogen-bond donors (Lipinski definition) is 1. The van der Waals surface area contributed by atoms with Crippen molar-refractivity contribution in [3.8, 4) is 11.1 Å². The molecular formula is C10H8N2S. The molecule has 2 heterocycles. The van der Waals surface area contributed by atoms with Crippen LogP contribution in [0.4, 0.5) is 0 Å². The van der Waals surface area contributed by atoms with E-state index in [-0.39, 0.29) is 0 Å². The van der Waals surface area contributed by atoms with Crippen LogP contribution in [0, 0.1) is 4.64 Å². The molecular weight excluding hydrogens is 180 g/mol. The SMILES string of the molecule is S=c1[nH]cccc1-c1ccncc1. The van der Waals surface area contributed by atoms with Gasteiger partial charge in [0.1, 0.15) is 4.64 Å². The predicted molar refractivity (Wildman–Crippen MR) is 54.9 cm³/mol. The van der Waals surface area contributed by atoms with Crippen LogP contribution in [0.1, 0.15) is 0 Å². The highest BCUT2D eigenvalue weighted by molar-refractivity contribution is 7.71. The van der Waals surface area contributed by atoms with Crippen molar-refractivity contribution in [1.29, 1.82) is 0 Å². The van der Waals surface area contributed by atoms with Crippen LogP contribution >= 0.6 is 12.2 Å². The molecule has 0 saturated carbocycles. The molecule has 2 rings (SSSR count). The lowest BCUT2D eigenvalue weighted by Crippen LogP contribution is -1.81. The summed E-state index contributed by atoms with van der Waals surface area (Å²) in [6.07, 6.45) is 5.35. The fourth-order valence-corrected chi connectivity index (χ4v) is 1.43. The minimum Gasteiger partial charge on any atom is -0.352 e. The Balaban J connectivity index is 2.60. The highest BCUT2D eigenvalue weighted by atomic mass is 32.1. The number of pyridine rings is 2. The molecule has 0 atom stereocenters. The fraction of sp³-hybridized carbons (Fsp3) is 0. The fourth-order valence-electron chi connectivity index (χ4n) is 1.18. The normalized spacial score (nSPS) is 9.85. The Morgan fingerprint density at radius 3 is 2.62 bits per heavy atom. The Kier molecular flexibility index (Phi) is 2.19. The largest absolute Gasteiger partial charge is 0.352 e. The van der Waals surface area contributed by atoms with E-state index in [9.17, 15) is 0 Å². The second kappa shape index (κ2) is 3.49. The summed E-state index contributed by atoms with van der Waals surface area (Å²) in [6, 6.07) is 7.82. The Hall–Kier alpha value is -1.48. The van der Waals surface area contributed by atoms with Crippen molar-refractivity contribution in [2.24, 2.45) is 0 Å². The van der Waals surface area contributed by atoms with Crippen molar-refractivity contribution < 1.29 is 0 Å². The van der Waals surface area contributed by atoms with Gasteiger partial charge in [-0.2, -0.15) is 0 Å². The number of nitrogens with one attached hydrogen (secondary N) is 1. The van der Waals surface area contributed by atoms with Gasteiger partial charge >= 0.3 is 0 Å². The Morgan fingerprint density at radius 2 is 1.92 bits per heavy atom. The summed E-state index contributed by atoms with van der Waals surface area (Å²) < 4.78 is 0.758. The first-order valence-electron chi connectivity index (χ1n) is 3.96. The van der Waals surface area contributed by atoms with Crippen LogP contribution in [-0.2, 0) is 0 Å². The van der Waals surface area contributed by atoms with E-state index in [1.54, 1.807) is 12.4 Å². The summed E-state index contributed by atoms with van der Waals surface area (Å²) in [6.45, 7) is 0. The molecule has 0 amide bonds. The van der Waals surface area contributed by atoms with Gasteiger partial charge in [-0.15, -0.1) is 0 Å². The predicted octanol–water partition coefficient (Wildman–Crippen LogP) is 2.81. The maximum atomic E-state index is 5.16. The highest BCUT2D eigenvalue weighted by Gasteiger charge is 1.96. The average molecular weight is 188 g/mol. The van der Waals surface area contributed by atoms with Gasteiger partial charge in [0.2, 0.25) is 0 Å². The molecule has 0 aliphatic carbocycles. The van der Waals surface area contributed by atoms with Crippen LogP contribution in [0.5, 0.6) is 0 Å². The van der Waals surface area contributed by atoms with Gasteiger partial charge in [0, 0.05) is 24.2 Å². The maximum absolute atomic E-state index is 5.16. The van der Waals surface area contributed by atoms with E-state index in [0.29, 0.717) is 0 Å². The number of nitrogens with zero attached hydrogens (tertiary/aromatic N) is 1. The van der Waals surface area contributed by atoms with E-state index < -0.39 is 0 Å². The van der Waals surface area contributed by atoms with E-state index in [1.165, 1.54) is 0 Å². The summed E-state index contributed by atoms with van der Waals surface area (Å²) in [7, 11) is 0. The first-order chi connectivity index (χ1) is 6.38. The molecule has 0 aliphatic heterocycles. The Bertz CT molecular complexity index is 448. The molecule has 3 heteroatoms. The zero-order valence-corrected chi connectivity index (χ0v) is 7.71. The minimum atomic E-state index is 0.758. The molecule has 0 aromatic carbocycles. The first kappa shape index (κ1) is 8.13. The summed E-state index contributed by atoms with van der Waals surface area (Å²) in [5, 5.41) is 0. The minimum absolute atomic E-state index is 0.758. The van der Waals surface area contributed by atoms with Gasteiger partial charge < -0.3 is 4.98 Å². The average Bonchev–Trinajstić information content (AvgIpc) is 2.20. The van der Waals surface area contributed by atoms with E-state index in [4.69, 9.17) is 12.2 Å². The third kappa shape index (κ3) is 1.65. The zero-order valence-electron chi connectivity index (χ0n) is 6.90. The Morgan fingerprint density at radius 1 is 1.15 bits per heavy atom. The molecule has 0 radical (unpaired) electrons. The van der Waals surface area contributed by atoms with E-state index in [2.05, 4.69) is 9.97 Å². The molecule has 13 heavy (non-hydrogen) atoms. The number of hydrogen-bond acceptors (Lipinski definition) is 2. The van der Waals surface area contributed by atoms with E-state index in [1.807, 2.05) is 30.5 Å². The quantitative estimate of drug-likeness (QED) is 0.697. The van der Waals surface area contributed by atoms with Gasteiger partial charge in [-0.1, -0.05) is 12.2 Å². The highest BCUT2D eigenvalue weighted by Crippen LogP contribution is 2.17. The van der Waals surface area contributed by atoms with Crippen LogP contribution in [0.2, 0.25) is 0 Å². The summed E-state index contributed by atoms with van der Waals surface area (Å²) in [5.41, 5.74) is 2.14. The number of rotatable bonds is 1. The molecule has 0 saturated heterocycles. The van der Waals surface area contributed by atoms with Gasteiger partial charge in [0.05, 0.1) is 0 Å². The summed E-state index contributed by atoms with van der Waals surface area (Å²) in [5.74, 6) is 0. The Labute approximate surface area is 81.3 Å². The standard InChI is InChI=1S/C10H8N2S/c13-10-9(2-1-5-12-10)8-3-6-11-7-4-8/h1-7H,(H,12,13). The van der Waals surface area contributed by atoms with Crippen LogP contribution < -0.4 is 0 Å². The third-order valence-electron chi connectivity index (χ3n) is 1.81. The molecule has 2 aromatic heterocycles. The van der Waals surface area contributed by atoms with Crippen molar-refractivity contribution in [1.82, 2.24) is 9.97 Å². The molecule has 0 bridgehead atoms. The lowest BCUT2D eigenvalue weighted by Gasteiger charge is -1.99. The number of aromatic nitrogens is 2. The summed E-state index contributed by atoms with van der Waals surface area (Å²) >= 11 is 5.16. The van der Waals surface area contributed by atoms with Gasteiger partial charge in [-0.05, 0) is 29.8 Å². The van der Waals surface area contributed by atoms with Crippen LogP contribution in [0.25, 0.3) is 11.1 Å². The third-order valence-corrected chi connectivity index (χ3v) is 2.15. The molecule has 0 unspecified atom stereocenters. The van der Waals surface area contributed by atoms with Gasteiger partial charge in [0.25, 0.3) is 0 Å². The van der Waals surface area contributed by atoms with Crippen molar-refractivity contribution >= 4 is 12.2 Å². The van der Waals surface area contributed by atoms with Crippen LogP contribution in [-0.4, -0.2) is 9.97 Å². The second-order valence-electron chi connectivity index (χ2n) is 2.65. The summed E-state index contributed by atoms with van der Waals surface area (Å²) in [4.78, 5) is 6.95. The topological polar surface area (TPSA) is 28.7 Å². The number of aromatic amines is 1. The molecule has 1 N–H and O–H groups in total. The molecule has 0 spiro atoms. The monoisotopic (exact) mass is 188 g/mol. The van der Waals surface area contributed by atoms with Crippen molar-refractivity contribution in [3.63, 3.8) is 0 Å². The lowest BCUT2D eigenvalue weighted by molar-refractivity contribution is 1.28. The van der Waals surface area contributed by atoms with E-state index in [0.717, 1.165) is 15.8 Å². The van der Waals surface area contributed by atoms with Crippen molar-refractivity contribution in [3.05, 3.63) is 47.5 Å². The smallest absolute Gasteiger partial charge is 0.111 e. The van der Waals surface area contributed by atoms with Gasteiger partial charge in [-0.3, -0.25) is 4.98 Å². The van der Waals surface area contributed by atoms with Gasteiger partial charge in [0.15, 0.2) is 0 Å². The molecule has 2 nitrogen and oxygen atoms in total. The molecule has 2 aromatic rings. The molecule has 0 aliphatic rings. The zero-order chi connectivity index (χ0) is 9.10. The maximum Gasteiger partial charge on any atom is 0.111 e. The number of H-pyrrole nitrogens is 1. The van der Waals surface area contributed by atoms with Crippen LogP contribution in [0.3, 0.4) is 0 Å². The molecule has 64 valence electrons. The van der Waals surface area contributed by atoms with Crippen molar-refractivity contribution in [2.75, 3.05) is 0 Å². The lowest BCUT2D eigenvalue weighted by atomic mass is 10.1. The first-order valence-corrected chi connectivity index (χ1v) is 4.37. The van der Waals surface area contributed by atoms with Crippen molar-refractivity contribution in [2.45, 2.75) is 0 Å². The molecule has 0 fully saturated rings. The second-order valence-corrected chi connectivity index (χ2v) is 3.06. The van der Waals surface area contributed by atoms with Gasteiger partial charge in [-0.25, -0.2) is 0 Å². The van der Waals surface area contributed by atoms with Crippen LogP contribution in [0.15, 0.2) is 42.9 Å². The van der Waals surface area contributed by atoms with E-state index >= 15 is 0 Å².